The van der Waals surface area contributed by atoms with Gasteiger partial charge in [0.25, 0.3) is 0 Å². The Bertz CT molecular complexity index is 1390. The van der Waals surface area contributed by atoms with Gasteiger partial charge < -0.3 is 24.4 Å². The van der Waals surface area contributed by atoms with Crippen molar-refractivity contribution in [3.8, 4) is 28.5 Å². The Labute approximate surface area is 222 Å². The number of carbonyl (C=O) groups excluding carboxylic acids is 1. The van der Waals surface area contributed by atoms with Crippen LogP contribution in [0.2, 0.25) is 0 Å². The number of methoxy groups -OCH3 is 2. The molecule has 1 aliphatic rings. The molecule has 0 unspecified atom stereocenters. The van der Waals surface area contributed by atoms with E-state index in [9.17, 15) is 4.79 Å². The third-order valence-electron chi connectivity index (χ3n) is 6.91. The summed E-state index contributed by atoms with van der Waals surface area (Å²) in [5.41, 5.74) is 3.82. The molecule has 1 amide bonds. The molecule has 0 radical (unpaired) electrons. The molecule has 38 heavy (non-hydrogen) atoms. The first-order valence-electron chi connectivity index (χ1n) is 12.9. The molecule has 0 atom stereocenters. The van der Waals surface area contributed by atoms with E-state index in [0.29, 0.717) is 24.7 Å². The molecule has 1 fully saturated rings. The third kappa shape index (κ3) is 5.37. The van der Waals surface area contributed by atoms with Gasteiger partial charge in [0.15, 0.2) is 17.3 Å². The fourth-order valence-corrected chi connectivity index (χ4v) is 4.86. The average molecular weight is 516 g/mol. The van der Waals surface area contributed by atoms with E-state index in [1.165, 1.54) is 0 Å². The lowest BCUT2D eigenvalue weighted by atomic mass is 9.95. The molecule has 198 valence electrons. The van der Waals surface area contributed by atoms with Crippen LogP contribution in [0.4, 0.5) is 5.82 Å². The van der Waals surface area contributed by atoms with E-state index >= 15 is 0 Å². The monoisotopic (exact) mass is 515 g/mol. The van der Waals surface area contributed by atoms with Crippen LogP contribution in [-0.2, 0) is 11.3 Å². The van der Waals surface area contributed by atoms with E-state index < -0.39 is 0 Å². The number of hydrogen-bond acceptors (Lipinski definition) is 7. The Morgan fingerprint density at radius 1 is 1.03 bits per heavy atom. The highest BCUT2D eigenvalue weighted by molar-refractivity contribution is 5.80. The van der Waals surface area contributed by atoms with Gasteiger partial charge in [-0.1, -0.05) is 6.07 Å². The van der Waals surface area contributed by atoms with Crippen LogP contribution < -0.4 is 24.4 Å². The van der Waals surface area contributed by atoms with Gasteiger partial charge in [-0.25, -0.2) is 9.50 Å². The SMILES string of the molecule is CCOc1ccc(-c2cc3c(N4CCC(C(=O)NCc5ccc(OC)c(OC)c5)CC4)nccn3n2)cc1. The summed E-state index contributed by atoms with van der Waals surface area (Å²) in [6.45, 7) is 4.57. The van der Waals surface area contributed by atoms with Gasteiger partial charge in [0.2, 0.25) is 5.91 Å². The zero-order valence-corrected chi connectivity index (χ0v) is 22.0. The lowest BCUT2D eigenvalue weighted by Crippen LogP contribution is -2.40. The van der Waals surface area contributed by atoms with Crippen molar-refractivity contribution in [2.45, 2.75) is 26.3 Å². The Morgan fingerprint density at radius 2 is 1.79 bits per heavy atom. The molecule has 5 rings (SSSR count). The fraction of sp³-hybridized carbons (Fsp3) is 0.345. The Kier molecular flexibility index (Phi) is 7.62. The summed E-state index contributed by atoms with van der Waals surface area (Å²) in [5.74, 6) is 3.10. The first-order valence-corrected chi connectivity index (χ1v) is 12.9. The van der Waals surface area contributed by atoms with Crippen molar-refractivity contribution in [2.75, 3.05) is 38.8 Å². The Morgan fingerprint density at radius 3 is 2.50 bits per heavy atom. The summed E-state index contributed by atoms with van der Waals surface area (Å²) < 4.78 is 18.1. The number of carbonyl (C=O) groups is 1. The van der Waals surface area contributed by atoms with Gasteiger partial charge in [0.1, 0.15) is 11.3 Å². The second-order valence-electron chi connectivity index (χ2n) is 9.24. The van der Waals surface area contributed by atoms with Gasteiger partial charge >= 0.3 is 0 Å². The maximum Gasteiger partial charge on any atom is 0.223 e. The van der Waals surface area contributed by atoms with Gasteiger partial charge in [-0.3, -0.25) is 4.79 Å². The second-order valence-corrected chi connectivity index (χ2v) is 9.24. The number of ether oxygens (including phenoxy) is 3. The van der Waals surface area contributed by atoms with Crippen LogP contribution in [0.15, 0.2) is 60.9 Å². The molecule has 2 aromatic carbocycles. The minimum atomic E-state index is -0.0320. The number of anilines is 1. The van der Waals surface area contributed by atoms with E-state index in [1.54, 1.807) is 20.4 Å². The van der Waals surface area contributed by atoms with Crippen molar-refractivity contribution in [1.82, 2.24) is 19.9 Å². The maximum absolute atomic E-state index is 12.9. The van der Waals surface area contributed by atoms with Gasteiger partial charge in [-0.2, -0.15) is 5.10 Å². The van der Waals surface area contributed by atoms with Crippen molar-refractivity contribution < 1.29 is 19.0 Å². The topological polar surface area (TPSA) is 90.2 Å². The highest BCUT2D eigenvalue weighted by atomic mass is 16.5. The largest absolute Gasteiger partial charge is 0.494 e. The Balaban J connectivity index is 1.22. The second kappa shape index (κ2) is 11.4. The number of hydrogen-bond donors (Lipinski definition) is 1. The normalized spacial score (nSPS) is 13.9. The average Bonchev–Trinajstić information content (AvgIpc) is 3.41. The molecule has 1 N–H and O–H groups in total. The molecule has 3 heterocycles. The van der Waals surface area contributed by atoms with E-state index in [-0.39, 0.29) is 11.8 Å². The molecule has 0 saturated carbocycles. The molecule has 9 heteroatoms. The molecule has 1 saturated heterocycles. The van der Waals surface area contributed by atoms with Crippen LogP contribution >= 0.6 is 0 Å². The van der Waals surface area contributed by atoms with Crippen LogP contribution in [0.3, 0.4) is 0 Å². The van der Waals surface area contributed by atoms with Gasteiger partial charge in [0.05, 0.1) is 26.5 Å². The molecule has 0 spiro atoms. The predicted octanol–water partition coefficient (Wildman–Crippen LogP) is 4.35. The minimum Gasteiger partial charge on any atom is -0.494 e. The van der Waals surface area contributed by atoms with E-state index in [0.717, 1.165) is 59.8 Å². The number of amides is 1. The number of fused-ring (bicyclic) bond motifs is 1. The standard InChI is InChI=1S/C29H33N5O4/c1-4-38-23-8-6-21(7-9-23)24-18-25-28(30-13-16-34(25)32-24)33-14-11-22(12-15-33)29(35)31-19-20-5-10-26(36-2)27(17-20)37-3/h5-10,13,16-18,22H,4,11-12,14-15,19H2,1-3H3,(H,31,35). The summed E-state index contributed by atoms with van der Waals surface area (Å²) in [6, 6.07) is 15.7. The van der Waals surface area contributed by atoms with Crippen LogP contribution in [0.25, 0.3) is 16.8 Å². The number of benzene rings is 2. The highest BCUT2D eigenvalue weighted by Gasteiger charge is 2.27. The summed E-state index contributed by atoms with van der Waals surface area (Å²) in [7, 11) is 3.21. The zero-order valence-electron chi connectivity index (χ0n) is 22.0. The molecule has 2 aromatic heterocycles. The fourth-order valence-electron chi connectivity index (χ4n) is 4.86. The van der Waals surface area contributed by atoms with E-state index in [4.69, 9.17) is 19.3 Å². The molecule has 1 aliphatic heterocycles. The first-order chi connectivity index (χ1) is 18.6. The zero-order chi connectivity index (χ0) is 26.5. The number of nitrogens with zero attached hydrogens (tertiary/aromatic N) is 4. The van der Waals surface area contributed by atoms with Gasteiger partial charge in [0, 0.05) is 43.5 Å². The van der Waals surface area contributed by atoms with Crippen molar-refractivity contribution in [3.05, 3.63) is 66.5 Å². The molecular weight excluding hydrogens is 482 g/mol. The van der Waals surface area contributed by atoms with Crippen LogP contribution in [-0.4, -0.2) is 54.4 Å². The highest BCUT2D eigenvalue weighted by Crippen LogP contribution is 2.30. The molecule has 0 aliphatic carbocycles. The smallest absolute Gasteiger partial charge is 0.223 e. The minimum absolute atomic E-state index is 0.0320. The summed E-state index contributed by atoms with van der Waals surface area (Å²) >= 11 is 0. The molecular formula is C29H33N5O4. The van der Waals surface area contributed by atoms with E-state index in [1.807, 2.05) is 60.1 Å². The van der Waals surface area contributed by atoms with Crippen molar-refractivity contribution in [2.24, 2.45) is 5.92 Å². The Hall–Kier alpha value is -4.27. The van der Waals surface area contributed by atoms with Gasteiger partial charge in [-0.05, 0) is 67.8 Å². The molecule has 0 bridgehead atoms. The number of aromatic nitrogens is 3. The van der Waals surface area contributed by atoms with Crippen LogP contribution in [0.1, 0.15) is 25.3 Å². The third-order valence-corrected chi connectivity index (χ3v) is 6.91. The summed E-state index contributed by atoms with van der Waals surface area (Å²) in [5, 5.41) is 7.84. The number of piperidine rings is 1. The quantitative estimate of drug-likeness (QED) is 0.355. The lowest BCUT2D eigenvalue weighted by molar-refractivity contribution is -0.125. The van der Waals surface area contributed by atoms with Crippen molar-refractivity contribution in [3.63, 3.8) is 0 Å². The maximum atomic E-state index is 12.9. The molecule has 9 nitrogen and oxygen atoms in total. The van der Waals surface area contributed by atoms with Crippen molar-refractivity contribution in [1.29, 1.82) is 0 Å². The number of nitrogens with one attached hydrogen (secondary N) is 1. The van der Waals surface area contributed by atoms with E-state index in [2.05, 4.69) is 21.3 Å². The molecule has 4 aromatic rings. The predicted molar refractivity (Wildman–Crippen MR) is 146 cm³/mol. The van der Waals surface area contributed by atoms with Crippen LogP contribution in [0.5, 0.6) is 17.2 Å². The van der Waals surface area contributed by atoms with Gasteiger partial charge in [-0.15, -0.1) is 0 Å². The lowest BCUT2D eigenvalue weighted by Gasteiger charge is -2.32. The number of rotatable bonds is 9. The first kappa shape index (κ1) is 25.4. The van der Waals surface area contributed by atoms with Crippen molar-refractivity contribution >= 4 is 17.2 Å². The van der Waals surface area contributed by atoms with Crippen LogP contribution in [0, 0.1) is 5.92 Å². The summed E-state index contributed by atoms with van der Waals surface area (Å²) in [4.78, 5) is 19.8. The summed E-state index contributed by atoms with van der Waals surface area (Å²) in [6.07, 6.45) is 5.17.